The molecule has 0 bridgehead atoms. The first-order valence-electron chi connectivity index (χ1n) is 22.6. The van der Waals surface area contributed by atoms with Gasteiger partial charge in [-0.05, 0) is 115 Å². The van der Waals surface area contributed by atoms with Crippen LogP contribution in [-0.2, 0) is 44.4 Å². The summed E-state index contributed by atoms with van der Waals surface area (Å²) in [6.07, 6.45) is 5.17. The first kappa shape index (κ1) is 61.1. The predicted octanol–water partition coefficient (Wildman–Crippen LogP) is 10.1. The smallest absolute Gasteiger partial charge is 0.427 e. The second kappa shape index (κ2) is 27.7. The molecule has 3 heterocycles. The van der Waals surface area contributed by atoms with Gasteiger partial charge in [0.15, 0.2) is 18.0 Å². The first-order chi connectivity index (χ1) is 33.2. The van der Waals surface area contributed by atoms with Crippen LogP contribution in [0.1, 0.15) is 96.6 Å². The maximum Gasteiger partial charge on any atom is 0.427 e. The number of amides is 4. The van der Waals surface area contributed by atoms with Crippen LogP contribution in [0.2, 0.25) is 5.02 Å². The Kier molecular flexibility index (Phi) is 23.8. The van der Waals surface area contributed by atoms with Gasteiger partial charge in [-0.25, -0.2) is 14.1 Å². The number of imide groups is 1. The summed E-state index contributed by atoms with van der Waals surface area (Å²) >= 11 is 23.0. The van der Waals surface area contributed by atoms with E-state index in [-0.39, 0.29) is 70.7 Å². The topological polar surface area (TPSA) is 229 Å². The molecule has 1 aliphatic carbocycles. The molecule has 1 aromatic heterocycles. The molecule has 3 aromatic rings. The summed E-state index contributed by atoms with van der Waals surface area (Å²) in [5.74, 6) is -2.24. The molecule has 3 fully saturated rings. The van der Waals surface area contributed by atoms with E-state index in [1.165, 1.54) is 17.6 Å². The van der Waals surface area contributed by atoms with Gasteiger partial charge in [-0.3, -0.25) is 23.7 Å². The number of carbonyl (C=O) groups is 5. The normalized spacial score (nSPS) is 18.0. The number of hydrogen-bond acceptors (Lipinski definition) is 12. The van der Waals surface area contributed by atoms with Crippen LogP contribution in [0.15, 0.2) is 64.5 Å². The number of aryl methyl sites for hydroxylation is 2. The minimum atomic E-state index is -3.10. The maximum absolute atomic E-state index is 14.3. The fraction of sp³-hybridized carbons (Fsp3) is 0.521. The lowest BCUT2D eigenvalue weighted by atomic mass is 10.0. The zero-order valence-corrected chi connectivity index (χ0v) is 45.1. The van der Waals surface area contributed by atoms with Gasteiger partial charge in [0.05, 0.1) is 48.0 Å². The number of aliphatic carboxylic acids is 1. The second-order valence-electron chi connectivity index (χ2n) is 17.6. The van der Waals surface area contributed by atoms with Gasteiger partial charge in [-0.15, -0.1) is 11.6 Å². The molecule has 3 aliphatic rings. The van der Waals surface area contributed by atoms with Crippen molar-refractivity contribution in [3.63, 3.8) is 0 Å². The van der Waals surface area contributed by atoms with E-state index in [2.05, 4.69) is 13.0 Å². The lowest BCUT2D eigenvalue weighted by Crippen LogP contribution is -2.45. The van der Waals surface area contributed by atoms with Gasteiger partial charge < -0.3 is 48.9 Å². The number of cyclic esters (lactones) is 1. The quantitative estimate of drug-likeness (QED) is 0.0731. The first-order valence-corrected chi connectivity index (χ1v) is 26.7. The summed E-state index contributed by atoms with van der Waals surface area (Å²) in [4.78, 5) is 70.1. The number of para-hydroxylation sites is 1. The molecule has 71 heavy (non-hydrogen) atoms. The second-order valence-corrected chi connectivity index (χ2v) is 21.9. The summed E-state index contributed by atoms with van der Waals surface area (Å²) in [7, 11) is -1.47. The molecule has 6 rings (SSSR count). The number of nitrogens with zero attached hydrogens (tertiary/aromatic N) is 3. The Morgan fingerprint density at radius 3 is 2.25 bits per heavy atom. The maximum atomic E-state index is 14.3. The van der Waals surface area contributed by atoms with Crippen molar-refractivity contribution in [3.05, 3.63) is 87.8 Å². The lowest BCUT2D eigenvalue weighted by Gasteiger charge is -2.31. The van der Waals surface area contributed by atoms with Gasteiger partial charge in [0.1, 0.15) is 41.1 Å². The third-order valence-electron chi connectivity index (χ3n) is 11.2. The molecule has 394 valence electrons. The molecular weight excluding hydrogens is 1030 g/mol. The van der Waals surface area contributed by atoms with Crippen LogP contribution in [-0.4, -0.2) is 112 Å². The van der Waals surface area contributed by atoms with Crippen LogP contribution >= 0.6 is 53.8 Å². The number of benzene rings is 2. The van der Waals surface area contributed by atoms with Crippen molar-refractivity contribution in [1.82, 2.24) is 4.90 Å². The molecule has 2 aliphatic heterocycles. The van der Waals surface area contributed by atoms with Crippen molar-refractivity contribution in [2.45, 2.75) is 122 Å². The molecule has 4 N–H and O–H groups in total. The standard InChI is InChI=1S/C17H17ClFNO4.C15H22ClNO2.C11H13Cl2NO3.C5H12NO4P/c1-9(2)15-16(21)20(17(22)24-15)13-8-14(11(18)7-12(13)19)23-10-5-3-4-6-10;1-5-13-8-6-7-11(2)15(13)17(14(18)9-16)12(3)10-19-4;1-11(2)14(10(15)9(12)13)6-8(17-11)7-4-3-5-16-7;1-11(9,10)3-2-4(6)5(7)8/h7-8,10H,3-6H2,1-2H3;6-8,12H,5,9-10H2,1-4H3;3-5,8-9H,6H2,1-2H3;4H,2-3,6H2,1H3,(H,7,8)(H,9,10). The van der Waals surface area contributed by atoms with Gasteiger partial charge in [-0.1, -0.05) is 59.9 Å². The largest absolute Gasteiger partial charge is 0.489 e. The molecule has 0 radical (unpaired) electrons. The molecule has 23 heteroatoms. The van der Waals surface area contributed by atoms with Crippen LogP contribution in [0, 0.1) is 12.7 Å². The van der Waals surface area contributed by atoms with Crippen LogP contribution in [0.25, 0.3) is 0 Å². The molecule has 2 aromatic carbocycles. The Morgan fingerprint density at radius 1 is 1.10 bits per heavy atom. The zero-order valence-electron chi connectivity index (χ0n) is 41.2. The van der Waals surface area contributed by atoms with Crippen LogP contribution in [0.5, 0.6) is 5.75 Å². The number of carboxylic acid groups (broad SMARTS) is 1. The van der Waals surface area contributed by atoms with Crippen molar-refractivity contribution in [1.29, 1.82) is 0 Å². The number of methoxy groups -OCH3 is 1. The Labute approximate surface area is 434 Å². The number of carboxylic acids is 1. The van der Waals surface area contributed by atoms with Gasteiger partial charge >= 0.3 is 18.0 Å². The Bertz CT molecular complexity index is 2390. The number of carbonyl (C=O) groups excluding carboxylic acids is 4. The van der Waals surface area contributed by atoms with Crippen molar-refractivity contribution >= 4 is 94.9 Å². The van der Waals surface area contributed by atoms with Crippen LogP contribution in [0.3, 0.4) is 0 Å². The number of ether oxygens (including phenoxy) is 4. The van der Waals surface area contributed by atoms with E-state index in [0.717, 1.165) is 55.0 Å². The Morgan fingerprint density at radius 2 is 1.75 bits per heavy atom. The third-order valence-corrected chi connectivity index (χ3v) is 13.1. The van der Waals surface area contributed by atoms with E-state index in [9.17, 15) is 32.9 Å². The molecule has 2 saturated heterocycles. The van der Waals surface area contributed by atoms with E-state index in [1.807, 2.05) is 32.0 Å². The highest BCUT2D eigenvalue weighted by Crippen LogP contribution is 2.39. The van der Waals surface area contributed by atoms with E-state index >= 15 is 0 Å². The summed E-state index contributed by atoms with van der Waals surface area (Å²) < 4.78 is 51.9. The van der Waals surface area contributed by atoms with E-state index in [1.54, 1.807) is 52.0 Å². The Hall–Kier alpha value is -4.23. The molecular formula is C48H64Cl4FN4O13P. The number of anilines is 2. The molecule has 0 spiro atoms. The number of rotatable bonds is 15. The fourth-order valence-corrected chi connectivity index (χ4v) is 8.92. The van der Waals surface area contributed by atoms with Crippen molar-refractivity contribution < 1.29 is 66.3 Å². The number of alkyl halides is 3. The lowest BCUT2D eigenvalue weighted by molar-refractivity contribution is -0.144. The van der Waals surface area contributed by atoms with Crippen LogP contribution < -0.4 is 20.3 Å². The minimum Gasteiger partial charge on any atom is -0.489 e. The molecule has 4 amide bonds. The SMILES string of the molecule is CC(C)=C1OC(=O)N(c2cc(OC3CCCC3)c(Cl)cc2F)C1=O.CC1(C)OC(c2ccco2)CN1C(=O)C(Cl)Cl.CCc1cccc(C)c1N(C(=O)CCl)C(C)COC.CP(=O)(O)CCC(N)C(=O)O. The minimum absolute atomic E-state index is 0.00962. The molecule has 1 saturated carbocycles. The fourth-order valence-electron chi connectivity index (χ4n) is 7.60. The summed E-state index contributed by atoms with van der Waals surface area (Å²) in [6.45, 7) is 15.0. The van der Waals surface area contributed by atoms with Gasteiger partial charge in [-0.2, -0.15) is 0 Å². The van der Waals surface area contributed by atoms with Gasteiger partial charge in [0.25, 0.3) is 5.91 Å². The van der Waals surface area contributed by atoms with Crippen molar-refractivity contribution in [2.24, 2.45) is 5.73 Å². The number of halogens is 5. The van der Waals surface area contributed by atoms with Crippen molar-refractivity contribution in [2.75, 3.05) is 48.8 Å². The average molecular weight is 1100 g/mol. The highest BCUT2D eigenvalue weighted by Gasteiger charge is 2.45. The summed E-state index contributed by atoms with van der Waals surface area (Å²) in [6, 6.07) is 10.9. The molecule has 4 unspecified atom stereocenters. The number of allylic oxidation sites excluding steroid dienone is 1. The number of hydrogen-bond donors (Lipinski definition) is 3. The van der Waals surface area contributed by atoms with E-state index in [4.69, 9.17) is 85.5 Å². The highest BCUT2D eigenvalue weighted by molar-refractivity contribution is 7.57. The monoisotopic (exact) mass is 1090 g/mol. The summed E-state index contributed by atoms with van der Waals surface area (Å²) in [5.41, 5.74) is 7.87. The zero-order chi connectivity index (χ0) is 53.5. The Balaban J connectivity index is 0.000000259. The van der Waals surface area contributed by atoms with Crippen molar-refractivity contribution in [3.8, 4) is 5.75 Å². The predicted molar refractivity (Wildman–Crippen MR) is 271 cm³/mol. The van der Waals surface area contributed by atoms with E-state index < -0.39 is 47.8 Å². The average Bonchev–Trinajstić information content (AvgIpc) is 4.13. The number of nitrogens with two attached hydrogens (primary N) is 1. The van der Waals surface area contributed by atoms with Crippen LogP contribution in [0.4, 0.5) is 20.6 Å². The molecule has 4 atom stereocenters. The summed E-state index contributed by atoms with van der Waals surface area (Å²) in [5, 5.41) is 8.38. The van der Waals surface area contributed by atoms with E-state index in [0.29, 0.717) is 29.4 Å². The third kappa shape index (κ3) is 17.5. The molecule has 17 nitrogen and oxygen atoms in total. The number of furan rings is 1. The van der Waals surface area contributed by atoms with Gasteiger partial charge in [0.2, 0.25) is 5.91 Å². The van der Waals surface area contributed by atoms with Gasteiger partial charge in [0, 0.05) is 26.0 Å². The highest BCUT2D eigenvalue weighted by atomic mass is 35.5.